The molecule has 0 atom stereocenters. The molecule has 0 saturated carbocycles. The number of aliphatic hydroxyl groups is 1. The van der Waals surface area contributed by atoms with Crippen LogP contribution in [0.5, 0.6) is 5.75 Å². The second-order valence-electron chi connectivity index (χ2n) is 3.93. The van der Waals surface area contributed by atoms with Crippen molar-refractivity contribution in [2.45, 2.75) is 0 Å². The van der Waals surface area contributed by atoms with E-state index in [-0.39, 0.29) is 11.3 Å². The lowest BCUT2D eigenvalue weighted by Gasteiger charge is -2.06. The summed E-state index contributed by atoms with van der Waals surface area (Å²) >= 11 is 0. The van der Waals surface area contributed by atoms with E-state index >= 15 is 0 Å². The maximum Gasteiger partial charge on any atom is 0.141 e. The molecule has 0 unspecified atom stereocenters. The molecule has 0 spiro atoms. The Labute approximate surface area is 112 Å². The quantitative estimate of drug-likeness (QED) is 0.392. The second-order valence-corrected chi connectivity index (χ2v) is 3.93. The number of allylic oxidation sites excluding steroid dienone is 1. The molecule has 0 aliphatic carbocycles. The van der Waals surface area contributed by atoms with Crippen molar-refractivity contribution in [1.29, 1.82) is 5.26 Å². The Morgan fingerprint density at radius 3 is 2.16 bits per heavy atom. The second kappa shape index (κ2) is 5.74. The van der Waals surface area contributed by atoms with Gasteiger partial charge < -0.3 is 9.84 Å². The van der Waals surface area contributed by atoms with E-state index < -0.39 is 0 Å². The Hall–Kier alpha value is -2.73. The SMILES string of the molecule is COc1ccc(/C([13C]#N)=C(\O)c2ccccc2)cc1. The number of hydrogen-bond donors (Lipinski definition) is 1. The largest absolute Gasteiger partial charge is 0.506 e. The summed E-state index contributed by atoms with van der Waals surface area (Å²) in [5.74, 6) is 0.688. The van der Waals surface area contributed by atoms with Gasteiger partial charge in [0.25, 0.3) is 0 Å². The van der Waals surface area contributed by atoms with Gasteiger partial charge in [0.1, 0.15) is 23.2 Å². The molecule has 0 saturated heterocycles. The van der Waals surface area contributed by atoms with Crippen LogP contribution >= 0.6 is 0 Å². The average Bonchev–Trinajstić information content (AvgIpc) is 2.49. The number of methoxy groups -OCH3 is 1. The zero-order valence-electron chi connectivity index (χ0n) is 10.5. The molecule has 3 nitrogen and oxygen atoms in total. The van der Waals surface area contributed by atoms with Crippen LogP contribution in [0.2, 0.25) is 0 Å². The summed E-state index contributed by atoms with van der Waals surface area (Å²) in [4.78, 5) is 0. The molecule has 2 aromatic rings. The third-order valence-electron chi connectivity index (χ3n) is 2.77. The van der Waals surface area contributed by atoms with Gasteiger partial charge in [-0.1, -0.05) is 30.3 Å². The molecular weight excluding hydrogens is 239 g/mol. The maximum absolute atomic E-state index is 10.2. The molecule has 0 heterocycles. The molecule has 2 aromatic carbocycles. The van der Waals surface area contributed by atoms with Gasteiger partial charge in [0.15, 0.2) is 0 Å². The molecule has 0 aliphatic heterocycles. The van der Waals surface area contributed by atoms with Crippen LogP contribution < -0.4 is 4.74 Å². The lowest BCUT2D eigenvalue weighted by Crippen LogP contribution is -1.90. The Morgan fingerprint density at radius 2 is 1.63 bits per heavy atom. The van der Waals surface area contributed by atoms with Gasteiger partial charge in [0, 0.05) is 5.56 Å². The van der Waals surface area contributed by atoms with Crippen LogP contribution in [-0.2, 0) is 0 Å². The van der Waals surface area contributed by atoms with E-state index in [4.69, 9.17) is 4.74 Å². The predicted octanol–water partition coefficient (Wildman–Crippen LogP) is 3.65. The van der Waals surface area contributed by atoms with Crippen molar-refractivity contribution in [3.05, 3.63) is 65.7 Å². The number of benzene rings is 2. The van der Waals surface area contributed by atoms with E-state index in [0.29, 0.717) is 16.9 Å². The van der Waals surface area contributed by atoms with Crippen LogP contribution in [0.25, 0.3) is 11.3 Å². The molecular formula is C16H13NO2. The first-order valence-corrected chi connectivity index (χ1v) is 5.79. The monoisotopic (exact) mass is 252 g/mol. The highest BCUT2D eigenvalue weighted by Crippen LogP contribution is 2.25. The van der Waals surface area contributed by atoms with Crippen LogP contribution in [0.15, 0.2) is 54.6 Å². The van der Waals surface area contributed by atoms with E-state index in [2.05, 4.69) is 0 Å². The number of ether oxygens (including phenoxy) is 1. The Kier molecular flexibility index (Phi) is 3.84. The molecule has 0 fully saturated rings. The summed E-state index contributed by atoms with van der Waals surface area (Å²) in [6.45, 7) is 0. The third kappa shape index (κ3) is 2.75. The molecule has 0 bridgehead atoms. The van der Waals surface area contributed by atoms with Gasteiger partial charge in [-0.3, -0.25) is 0 Å². The van der Waals surface area contributed by atoms with Crippen molar-refractivity contribution in [1.82, 2.24) is 0 Å². The molecule has 19 heavy (non-hydrogen) atoms. The summed E-state index contributed by atoms with van der Waals surface area (Å²) in [6.07, 6.45) is 0. The highest BCUT2D eigenvalue weighted by Gasteiger charge is 2.10. The summed E-state index contributed by atoms with van der Waals surface area (Å²) in [5.41, 5.74) is 1.52. The Balaban J connectivity index is 2.47. The first-order chi connectivity index (χ1) is 9.26. The minimum Gasteiger partial charge on any atom is -0.506 e. The summed E-state index contributed by atoms with van der Waals surface area (Å²) in [5, 5.41) is 19.4. The Bertz CT molecular complexity index is 622. The Morgan fingerprint density at radius 1 is 1.00 bits per heavy atom. The molecule has 0 amide bonds. The highest BCUT2D eigenvalue weighted by atomic mass is 16.5. The molecule has 0 aromatic heterocycles. The first kappa shape index (κ1) is 12.7. The van der Waals surface area contributed by atoms with E-state index in [1.54, 1.807) is 43.5 Å². The summed E-state index contributed by atoms with van der Waals surface area (Å²) < 4.78 is 5.07. The fraction of sp³-hybridized carbons (Fsp3) is 0.0625. The van der Waals surface area contributed by atoms with Gasteiger partial charge in [-0.15, -0.1) is 0 Å². The number of hydrogen-bond acceptors (Lipinski definition) is 3. The van der Waals surface area contributed by atoms with Crippen LogP contribution in [0.4, 0.5) is 0 Å². The van der Waals surface area contributed by atoms with E-state index in [1.807, 2.05) is 24.3 Å². The third-order valence-corrected chi connectivity index (χ3v) is 2.77. The van der Waals surface area contributed by atoms with E-state index in [0.717, 1.165) is 0 Å². The van der Waals surface area contributed by atoms with Crippen molar-refractivity contribution in [3.8, 4) is 11.8 Å². The van der Waals surface area contributed by atoms with Gasteiger partial charge in [0.2, 0.25) is 0 Å². The molecule has 3 heteroatoms. The highest BCUT2D eigenvalue weighted by molar-refractivity contribution is 5.94. The van der Waals surface area contributed by atoms with Crippen LogP contribution in [-0.4, -0.2) is 12.2 Å². The van der Waals surface area contributed by atoms with Crippen molar-refractivity contribution in [2.24, 2.45) is 0 Å². The fourth-order valence-corrected chi connectivity index (χ4v) is 1.75. The number of rotatable bonds is 3. The standard InChI is InChI=1S/C16H13NO2/c1-19-14-9-7-12(8-10-14)15(11-17)16(18)13-5-3-2-4-6-13/h2-10,18H,1H3/b16-15-/i11+1. The average molecular weight is 252 g/mol. The zero-order chi connectivity index (χ0) is 13.7. The minimum atomic E-state index is -0.0201. The minimum absolute atomic E-state index is 0.0201. The van der Waals surface area contributed by atoms with Crippen LogP contribution in [0, 0.1) is 11.3 Å². The maximum atomic E-state index is 10.2. The van der Waals surface area contributed by atoms with Gasteiger partial charge in [-0.2, -0.15) is 5.26 Å². The van der Waals surface area contributed by atoms with Crippen LogP contribution in [0.3, 0.4) is 0 Å². The van der Waals surface area contributed by atoms with Crippen LogP contribution in [0.1, 0.15) is 11.1 Å². The van der Waals surface area contributed by atoms with Crippen molar-refractivity contribution >= 4 is 11.3 Å². The molecule has 0 radical (unpaired) electrons. The van der Waals surface area contributed by atoms with Crippen molar-refractivity contribution < 1.29 is 9.84 Å². The number of nitriles is 1. The summed E-state index contributed by atoms with van der Waals surface area (Å²) in [6, 6.07) is 18.1. The first-order valence-electron chi connectivity index (χ1n) is 5.79. The number of nitrogens with zero attached hydrogens (tertiary/aromatic N) is 1. The van der Waals surface area contributed by atoms with Gasteiger partial charge in [-0.05, 0) is 29.8 Å². The lowest BCUT2D eigenvalue weighted by molar-refractivity contribution is 0.415. The van der Waals surface area contributed by atoms with Gasteiger partial charge in [0.05, 0.1) is 7.11 Å². The fourth-order valence-electron chi connectivity index (χ4n) is 1.75. The smallest absolute Gasteiger partial charge is 0.141 e. The lowest BCUT2D eigenvalue weighted by atomic mass is 10.1. The van der Waals surface area contributed by atoms with E-state index in [9.17, 15) is 10.4 Å². The summed E-state index contributed by atoms with van der Waals surface area (Å²) in [7, 11) is 1.58. The van der Waals surface area contributed by atoms with Gasteiger partial charge >= 0.3 is 0 Å². The van der Waals surface area contributed by atoms with Gasteiger partial charge in [-0.25, -0.2) is 0 Å². The molecule has 2 rings (SSSR count). The predicted molar refractivity (Wildman–Crippen MR) is 74.5 cm³/mol. The topological polar surface area (TPSA) is 53.2 Å². The number of aliphatic hydroxyl groups excluding tert-OH is 1. The molecule has 0 aliphatic rings. The van der Waals surface area contributed by atoms with Crippen molar-refractivity contribution in [2.75, 3.05) is 7.11 Å². The van der Waals surface area contributed by atoms with E-state index in [1.165, 1.54) is 0 Å². The normalized spacial score (nSPS) is 11.4. The molecule has 1 N–H and O–H groups in total. The molecule has 94 valence electrons. The van der Waals surface area contributed by atoms with Crippen molar-refractivity contribution in [3.63, 3.8) is 0 Å². The zero-order valence-corrected chi connectivity index (χ0v) is 10.5.